The van der Waals surface area contributed by atoms with Gasteiger partial charge in [0.05, 0.1) is 17.7 Å². The number of nitrogens with one attached hydrogen (secondary N) is 1. The zero-order chi connectivity index (χ0) is 24.3. The van der Waals surface area contributed by atoms with E-state index in [1.54, 1.807) is 25.3 Å². The number of thioether (sulfide) groups is 1. The van der Waals surface area contributed by atoms with Gasteiger partial charge >= 0.3 is 0 Å². The average Bonchev–Trinajstić information content (AvgIpc) is 3.37. The molecule has 1 N–H and O–H groups in total. The monoisotopic (exact) mass is 503 g/mol. The Morgan fingerprint density at radius 1 is 1.15 bits per heavy atom. The number of benzene rings is 2. The maximum Gasteiger partial charge on any atom is 0.243 e. The van der Waals surface area contributed by atoms with E-state index in [9.17, 15) is 18.0 Å². The van der Waals surface area contributed by atoms with E-state index >= 15 is 0 Å². The molecule has 1 atom stereocenters. The summed E-state index contributed by atoms with van der Waals surface area (Å²) in [6.07, 6.45) is 1.69. The summed E-state index contributed by atoms with van der Waals surface area (Å²) in [6.45, 7) is 2.96. The molecule has 2 amide bonds. The Balaban J connectivity index is 1.55. The fraction of sp³-hybridized carbons (Fsp3) is 0.417. The van der Waals surface area contributed by atoms with Crippen molar-refractivity contribution < 1.29 is 22.7 Å². The van der Waals surface area contributed by atoms with Gasteiger partial charge in [0.2, 0.25) is 21.8 Å². The molecule has 2 aromatic rings. The van der Waals surface area contributed by atoms with Gasteiger partial charge in [-0.15, -0.1) is 11.8 Å². The van der Waals surface area contributed by atoms with Crippen LogP contribution in [-0.2, 0) is 26.2 Å². The van der Waals surface area contributed by atoms with Crippen LogP contribution in [0.1, 0.15) is 25.3 Å². The van der Waals surface area contributed by atoms with Gasteiger partial charge in [-0.05, 0) is 48.7 Å². The lowest BCUT2D eigenvalue weighted by molar-refractivity contribution is -0.125. The Morgan fingerprint density at radius 3 is 2.53 bits per heavy atom. The van der Waals surface area contributed by atoms with Crippen molar-refractivity contribution in [2.24, 2.45) is 5.92 Å². The van der Waals surface area contributed by atoms with Crippen molar-refractivity contribution in [1.82, 2.24) is 9.62 Å². The number of carbonyl (C=O) groups is 2. The first kappa shape index (κ1) is 24.6. The van der Waals surface area contributed by atoms with Crippen LogP contribution in [0.5, 0.6) is 5.75 Å². The molecule has 1 fully saturated rings. The van der Waals surface area contributed by atoms with Crippen LogP contribution in [0.4, 0.5) is 5.69 Å². The van der Waals surface area contributed by atoms with Gasteiger partial charge in [-0.3, -0.25) is 9.59 Å². The van der Waals surface area contributed by atoms with Gasteiger partial charge in [-0.25, -0.2) is 8.42 Å². The second-order valence-corrected chi connectivity index (χ2v) is 11.5. The topological polar surface area (TPSA) is 96.0 Å². The average molecular weight is 504 g/mol. The number of hydrogen-bond donors (Lipinski definition) is 1. The predicted octanol–water partition coefficient (Wildman–Crippen LogP) is 2.87. The van der Waals surface area contributed by atoms with Crippen LogP contribution in [0.3, 0.4) is 0 Å². The molecule has 0 aliphatic carbocycles. The summed E-state index contributed by atoms with van der Waals surface area (Å²) in [5, 5.41) is 2.85. The number of hydrogen-bond acceptors (Lipinski definition) is 6. The van der Waals surface area contributed by atoms with Crippen LogP contribution in [-0.4, -0.2) is 57.0 Å². The Bertz CT molecular complexity index is 1160. The van der Waals surface area contributed by atoms with E-state index in [0.29, 0.717) is 31.1 Å². The molecule has 1 saturated heterocycles. The van der Waals surface area contributed by atoms with Gasteiger partial charge in [0.15, 0.2) is 0 Å². The van der Waals surface area contributed by atoms with Crippen molar-refractivity contribution in [1.29, 1.82) is 0 Å². The fourth-order valence-electron chi connectivity index (χ4n) is 4.05. The zero-order valence-electron chi connectivity index (χ0n) is 19.3. The van der Waals surface area contributed by atoms with Crippen molar-refractivity contribution in [3.05, 3.63) is 48.0 Å². The highest BCUT2D eigenvalue weighted by atomic mass is 32.2. The number of carbonyl (C=O) groups excluding carboxylic acids is 2. The quantitative estimate of drug-likeness (QED) is 0.624. The van der Waals surface area contributed by atoms with E-state index in [1.165, 1.54) is 21.0 Å². The number of methoxy groups -OCH3 is 1. The van der Waals surface area contributed by atoms with E-state index < -0.39 is 10.0 Å². The third kappa shape index (κ3) is 5.24. The Morgan fingerprint density at radius 2 is 1.85 bits per heavy atom. The van der Waals surface area contributed by atoms with Crippen LogP contribution in [0, 0.1) is 5.92 Å². The van der Waals surface area contributed by atoms with Crippen LogP contribution in [0.2, 0.25) is 0 Å². The first-order valence-corrected chi connectivity index (χ1v) is 13.7. The molecule has 0 radical (unpaired) electrons. The summed E-state index contributed by atoms with van der Waals surface area (Å²) in [5.74, 6) is 0.482. The lowest BCUT2D eigenvalue weighted by Gasteiger charge is -2.25. The molecule has 2 heterocycles. The molecule has 0 aromatic heterocycles. The summed E-state index contributed by atoms with van der Waals surface area (Å²) in [5.41, 5.74) is 1.37. The molecular weight excluding hydrogens is 474 g/mol. The number of anilines is 1. The van der Waals surface area contributed by atoms with Crippen LogP contribution < -0.4 is 15.0 Å². The van der Waals surface area contributed by atoms with Crippen molar-refractivity contribution in [3.63, 3.8) is 0 Å². The molecule has 182 valence electrons. The van der Waals surface area contributed by atoms with Crippen LogP contribution in [0.15, 0.2) is 52.3 Å². The molecule has 10 heteroatoms. The van der Waals surface area contributed by atoms with Gasteiger partial charge in [0.25, 0.3) is 0 Å². The second-order valence-electron chi connectivity index (χ2n) is 8.50. The summed E-state index contributed by atoms with van der Waals surface area (Å²) in [4.78, 5) is 28.3. The molecule has 8 nitrogen and oxygen atoms in total. The SMILES string of the molecule is COc1ccc(CNC(=O)CN2C(=O)C(C)CSc3ccc(S(=O)(=O)N4CCCC4)cc32)cc1. The fourth-order valence-corrected chi connectivity index (χ4v) is 6.64. The second kappa shape index (κ2) is 10.4. The predicted molar refractivity (Wildman–Crippen MR) is 132 cm³/mol. The number of sulfonamides is 1. The normalized spacial score (nSPS) is 18.9. The van der Waals surface area contributed by atoms with Gasteiger partial charge in [0.1, 0.15) is 12.3 Å². The molecule has 34 heavy (non-hydrogen) atoms. The summed E-state index contributed by atoms with van der Waals surface area (Å²) in [7, 11) is -2.05. The molecule has 0 spiro atoms. The van der Waals surface area contributed by atoms with Crippen molar-refractivity contribution >= 4 is 39.3 Å². The van der Waals surface area contributed by atoms with Crippen molar-refractivity contribution in [2.45, 2.75) is 36.1 Å². The lowest BCUT2D eigenvalue weighted by atomic mass is 10.1. The first-order chi connectivity index (χ1) is 16.3. The summed E-state index contributed by atoms with van der Waals surface area (Å²) in [6, 6.07) is 12.2. The maximum atomic E-state index is 13.2. The first-order valence-electron chi connectivity index (χ1n) is 11.3. The van der Waals surface area contributed by atoms with Gasteiger partial charge in [0, 0.05) is 36.2 Å². The zero-order valence-corrected chi connectivity index (χ0v) is 21.0. The standard InChI is InChI=1S/C24H29N3O5S2/c1-17-16-33-22-10-9-20(34(30,31)26-11-3-4-12-26)13-21(22)27(24(17)29)15-23(28)25-14-18-5-7-19(32-2)8-6-18/h5-10,13,17H,3-4,11-12,14-16H2,1-2H3,(H,25,28). The van der Waals surface area contributed by atoms with Gasteiger partial charge < -0.3 is 15.0 Å². The molecule has 2 aromatic carbocycles. The highest BCUT2D eigenvalue weighted by Gasteiger charge is 2.33. The maximum absolute atomic E-state index is 13.2. The van der Waals surface area contributed by atoms with Gasteiger partial charge in [-0.2, -0.15) is 4.31 Å². The molecule has 0 saturated carbocycles. The number of nitrogens with zero attached hydrogens (tertiary/aromatic N) is 2. The summed E-state index contributed by atoms with van der Waals surface area (Å²) < 4.78 is 32.9. The minimum absolute atomic E-state index is 0.153. The molecule has 2 aliphatic heterocycles. The largest absolute Gasteiger partial charge is 0.497 e. The van der Waals surface area contributed by atoms with E-state index in [1.807, 2.05) is 31.2 Å². The molecule has 1 unspecified atom stereocenters. The van der Waals surface area contributed by atoms with E-state index in [2.05, 4.69) is 5.32 Å². The number of fused-ring (bicyclic) bond motifs is 1. The van der Waals surface area contributed by atoms with Crippen LogP contribution >= 0.6 is 11.8 Å². The van der Waals surface area contributed by atoms with E-state index in [-0.39, 0.29) is 29.2 Å². The summed E-state index contributed by atoms with van der Waals surface area (Å²) >= 11 is 1.50. The Kier molecular flexibility index (Phi) is 7.49. The smallest absolute Gasteiger partial charge is 0.243 e. The molecular formula is C24H29N3O5S2. The highest BCUT2D eigenvalue weighted by molar-refractivity contribution is 7.99. The third-order valence-corrected chi connectivity index (χ3v) is 9.27. The highest BCUT2D eigenvalue weighted by Crippen LogP contribution is 2.38. The molecule has 0 bridgehead atoms. The van der Waals surface area contributed by atoms with Crippen molar-refractivity contribution in [3.8, 4) is 5.75 Å². The number of amides is 2. The molecule has 2 aliphatic rings. The Labute approximate surface area is 204 Å². The molecule has 4 rings (SSSR count). The number of rotatable bonds is 7. The lowest BCUT2D eigenvalue weighted by Crippen LogP contribution is -2.43. The van der Waals surface area contributed by atoms with Crippen LogP contribution in [0.25, 0.3) is 0 Å². The van der Waals surface area contributed by atoms with E-state index in [0.717, 1.165) is 29.1 Å². The number of ether oxygens (including phenoxy) is 1. The minimum Gasteiger partial charge on any atom is -0.497 e. The third-order valence-electron chi connectivity index (χ3n) is 6.05. The van der Waals surface area contributed by atoms with Crippen molar-refractivity contribution in [2.75, 3.05) is 37.4 Å². The van der Waals surface area contributed by atoms with Gasteiger partial charge in [-0.1, -0.05) is 19.1 Å². The van der Waals surface area contributed by atoms with E-state index in [4.69, 9.17) is 4.74 Å². The Hall–Kier alpha value is -2.56. The minimum atomic E-state index is -3.64.